The number of hydrogen-bond donors (Lipinski definition) is 0. The molecular weight excluding hydrogens is 123 g/mol. The van der Waals surface area contributed by atoms with E-state index in [2.05, 4.69) is 0 Å². The fraction of sp³-hybridized carbons (Fsp3) is 0. The van der Waals surface area contributed by atoms with Crippen molar-refractivity contribution in [3.05, 3.63) is 0 Å². The third kappa shape index (κ3) is 24.3. The van der Waals surface area contributed by atoms with Crippen LogP contribution in [0, 0.1) is 0 Å². The molecule has 0 saturated carbocycles. The summed E-state index contributed by atoms with van der Waals surface area (Å²) in [6.45, 7) is 0. The van der Waals surface area contributed by atoms with Gasteiger partial charge in [-0.05, 0) is 0 Å². The SMILES string of the molecule is [F][Al]([F])[F].[H-].[K+]. The van der Waals surface area contributed by atoms with E-state index >= 15 is 0 Å². The maximum Gasteiger partial charge on any atom is 1.04 e. The van der Waals surface area contributed by atoms with E-state index in [1.54, 1.807) is 0 Å². The summed E-state index contributed by atoms with van der Waals surface area (Å²) >= 11 is -4.64. The van der Waals surface area contributed by atoms with Gasteiger partial charge in [-0.3, -0.25) is 0 Å². The van der Waals surface area contributed by atoms with Crippen LogP contribution in [0.15, 0.2) is 0 Å². The second-order valence-corrected chi connectivity index (χ2v) is 0.742. The van der Waals surface area contributed by atoms with Gasteiger partial charge in [-0.25, -0.2) is 0 Å². The van der Waals surface area contributed by atoms with Crippen LogP contribution >= 0.6 is 0 Å². The Morgan fingerprint density at radius 3 is 1.20 bits per heavy atom. The number of hydrogen-bond acceptors (Lipinski definition) is 0. The molecule has 0 aliphatic carbocycles. The molecule has 26 valence electrons. The molecule has 0 N–H and O–H groups in total. The van der Waals surface area contributed by atoms with Crippen LogP contribution in [-0.2, 0) is 0 Å². The zero-order valence-corrected chi connectivity index (χ0v) is 6.99. The second kappa shape index (κ2) is 5.96. The molecule has 0 fully saturated rings. The van der Waals surface area contributed by atoms with Gasteiger partial charge in [0.2, 0.25) is 0 Å². The summed E-state index contributed by atoms with van der Waals surface area (Å²) in [5.41, 5.74) is 0. The van der Waals surface area contributed by atoms with E-state index in [0.717, 1.165) is 0 Å². The number of rotatable bonds is 0. The molecule has 5 heteroatoms. The Morgan fingerprint density at radius 1 is 1.20 bits per heavy atom. The molecule has 5 heavy (non-hydrogen) atoms. The fourth-order valence-electron chi connectivity index (χ4n) is 0. The molecule has 0 aromatic rings. The molecule has 0 nitrogen and oxygen atoms in total. The van der Waals surface area contributed by atoms with Crippen molar-refractivity contribution >= 4 is 15.5 Å². The number of halogens is 3. The van der Waals surface area contributed by atoms with E-state index in [-0.39, 0.29) is 52.8 Å². The minimum atomic E-state index is -4.64. The van der Waals surface area contributed by atoms with Gasteiger partial charge in [0.25, 0.3) is 0 Å². The molecule has 0 spiro atoms. The third-order valence-electron chi connectivity index (χ3n) is 0. The fourth-order valence-corrected chi connectivity index (χ4v) is 0. The minimum absolute atomic E-state index is 0. The van der Waals surface area contributed by atoms with E-state index in [0.29, 0.717) is 0 Å². The molecule has 0 aromatic heterocycles. The molecule has 0 rings (SSSR count). The Morgan fingerprint density at radius 2 is 1.20 bits per heavy atom. The Hall–Kier alpha value is 1.96. The topological polar surface area (TPSA) is 0 Å². The quantitative estimate of drug-likeness (QED) is 0.327. The summed E-state index contributed by atoms with van der Waals surface area (Å²) in [5, 5.41) is 0. The molecule has 0 bridgehead atoms. The first-order valence-electron chi connectivity index (χ1n) is 0.655. The van der Waals surface area contributed by atoms with Crippen molar-refractivity contribution in [3.8, 4) is 0 Å². The van der Waals surface area contributed by atoms with Gasteiger partial charge in [0.1, 0.15) is 0 Å². The largest absolute Gasteiger partial charge is 1.04 e. The predicted molar refractivity (Wildman–Crippen MR) is 10.2 cm³/mol. The molecule has 0 unspecified atom stereocenters. The van der Waals surface area contributed by atoms with E-state index in [4.69, 9.17) is 0 Å². The van der Waals surface area contributed by atoms with E-state index in [9.17, 15) is 10.6 Å². The van der Waals surface area contributed by atoms with Crippen molar-refractivity contribution in [2.75, 3.05) is 0 Å². The van der Waals surface area contributed by atoms with E-state index in [1.165, 1.54) is 0 Å². The van der Waals surface area contributed by atoms with Crippen molar-refractivity contribution in [1.29, 1.82) is 0 Å². The average molecular weight is 124 g/mol. The first kappa shape index (κ1) is 10.0. The molecule has 0 aliphatic heterocycles. The Kier molecular flexibility index (Phi) is 12.0. The maximum absolute atomic E-state index is 9.81. The van der Waals surface area contributed by atoms with Crippen LogP contribution in [0.1, 0.15) is 1.43 Å². The van der Waals surface area contributed by atoms with Crippen molar-refractivity contribution in [1.82, 2.24) is 0 Å². The van der Waals surface area contributed by atoms with Crippen LogP contribution in [0.2, 0.25) is 0 Å². The summed E-state index contributed by atoms with van der Waals surface area (Å²) in [6.07, 6.45) is 0. The zero-order valence-electron chi connectivity index (χ0n) is 3.71. The van der Waals surface area contributed by atoms with Crippen molar-refractivity contribution in [2.24, 2.45) is 0 Å². The molecule has 0 aromatic carbocycles. The van der Waals surface area contributed by atoms with E-state index in [1.807, 2.05) is 0 Å². The van der Waals surface area contributed by atoms with Gasteiger partial charge in [-0.15, -0.1) is 0 Å². The molecule has 0 atom stereocenters. The second-order valence-electron chi connectivity index (χ2n) is 0.247. The van der Waals surface area contributed by atoms with Gasteiger partial charge in [0.15, 0.2) is 0 Å². The first-order chi connectivity index (χ1) is 1.73. The monoisotopic (exact) mass is 124 g/mol. The van der Waals surface area contributed by atoms with Crippen LogP contribution < -0.4 is 51.4 Å². The van der Waals surface area contributed by atoms with Crippen LogP contribution in [0.3, 0.4) is 0 Å². The molecular formula is HAlF3K. The van der Waals surface area contributed by atoms with Crippen molar-refractivity contribution < 1.29 is 63.4 Å². The Balaban J connectivity index is -0.0000000450. The summed E-state index contributed by atoms with van der Waals surface area (Å²) in [6, 6.07) is 0. The average Bonchev–Trinajstić information content (AvgIpc) is 0.811. The van der Waals surface area contributed by atoms with Crippen molar-refractivity contribution in [3.63, 3.8) is 0 Å². The van der Waals surface area contributed by atoms with Crippen LogP contribution in [0.5, 0.6) is 0 Å². The Labute approximate surface area is 77.5 Å². The van der Waals surface area contributed by atoms with Gasteiger partial charge in [-0.2, -0.15) is 0 Å². The van der Waals surface area contributed by atoms with Gasteiger partial charge in [-0.1, -0.05) is 0 Å². The van der Waals surface area contributed by atoms with Gasteiger partial charge in [0, 0.05) is 0 Å². The third-order valence-corrected chi connectivity index (χ3v) is 0. The van der Waals surface area contributed by atoms with Gasteiger partial charge >= 0.3 is 66.9 Å². The zero-order chi connectivity index (χ0) is 3.58. The summed E-state index contributed by atoms with van der Waals surface area (Å²) in [4.78, 5) is 0. The summed E-state index contributed by atoms with van der Waals surface area (Å²) in [7, 11) is 0. The molecule has 0 heterocycles. The molecule has 0 saturated heterocycles. The Bertz CT molecular complexity index is 15.5. The standard InChI is InChI=1S/Al.3FH.K.H/h;3*1H;;/q+3;;;;+1;-1/p-3. The van der Waals surface area contributed by atoms with E-state index < -0.39 is 15.5 Å². The van der Waals surface area contributed by atoms with Crippen LogP contribution in [-0.4, -0.2) is 15.5 Å². The first-order valence-corrected chi connectivity index (χ1v) is 1.96. The smallest absolute Gasteiger partial charge is 1.00 e. The minimum Gasteiger partial charge on any atom is -1.00 e. The van der Waals surface area contributed by atoms with Crippen molar-refractivity contribution in [2.45, 2.75) is 0 Å². The predicted octanol–water partition coefficient (Wildman–Crippen LogP) is -2.00. The van der Waals surface area contributed by atoms with Crippen LogP contribution in [0.4, 0.5) is 10.6 Å². The van der Waals surface area contributed by atoms with Gasteiger partial charge < -0.3 is 12.0 Å². The maximum atomic E-state index is 9.81. The molecule has 0 radical (unpaired) electrons. The molecule has 0 aliphatic rings. The van der Waals surface area contributed by atoms with Gasteiger partial charge in [0.05, 0.1) is 0 Å². The van der Waals surface area contributed by atoms with Crippen LogP contribution in [0.25, 0.3) is 0 Å². The summed E-state index contributed by atoms with van der Waals surface area (Å²) < 4.78 is 29.4. The normalized spacial score (nSPS) is 5.40. The molecule has 0 amide bonds. The summed E-state index contributed by atoms with van der Waals surface area (Å²) in [5.74, 6) is 0.